The summed E-state index contributed by atoms with van der Waals surface area (Å²) >= 11 is 0. The monoisotopic (exact) mass is 358 g/mol. The van der Waals surface area contributed by atoms with Crippen molar-refractivity contribution in [1.29, 1.82) is 0 Å². The van der Waals surface area contributed by atoms with Gasteiger partial charge < -0.3 is 19.7 Å². The molecule has 0 bridgehead atoms. The third-order valence-electron chi connectivity index (χ3n) is 4.44. The van der Waals surface area contributed by atoms with Crippen molar-refractivity contribution >= 4 is 5.91 Å². The Bertz CT molecular complexity index is 736. The van der Waals surface area contributed by atoms with Gasteiger partial charge in [-0.25, -0.2) is 4.39 Å². The average molecular weight is 358 g/mol. The largest absolute Gasteiger partial charge is 0.497 e. The van der Waals surface area contributed by atoms with Crippen LogP contribution < -0.4 is 14.8 Å². The number of halogens is 1. The van der Waals surface area contributed by atoms with Gasteiger partial charge in [0, 0.05) is 19.6 Å². The summed E-state index contributed by atoms with van der Waals surface area (Å²) in [4.78, 5) is 14.5. The van der Waals surface area contributed by atoms with Crippen LogP contribution in [-0.4, -0.2) is 44.2 Å². The minimum absolute atomic E-state index is 0.00859. The van der Waals surface area contributed by atoms with Gasteiger partial charge in [-0.1, -0.05) is 12.1 Å². The molecule has 1 heterocycles. The van der Waals surface area contributed by atoms with Crippen molar-refractivity contribution < 1.29 is 18.7 Å². The van der Waals surface area contributed by atoms with Crippen molar-refractivity contribution in [2.45, 2.75) is 12.5 Å². The lowest BCUT2D eigenvalue weighted by atomic mass is 10.0. The molecule has 1 saturated heterocycles. The summed E-state index contributed by atoms with van der Waals surface area (Å²) in [5.74, 6) is 1.17. The summed E-state index contributed by atoms with van der Waals surface area (Å²) in [7, 11) is 1.61. The second-order valence-corrected chi connectivity index (χ2v) is 6.14. The van der Waals surface area contributed by atoms with Crippen LogP contribution in [0.15, 0.2) is 48.5 Å². The van der Waals surface area contributed by atoms with Crippen LogP contribution in [0.5, 0.6) is 11.5 Å². The first kappa shape index (κ1) is 18.2. The Morgan fingerprint density at radius 3 is 2.73 bits per heavy atom. The zero-order valence-corrected chi connectivity index (χ0v) is 14.8. The Hall–Kier alpha value is -2.60. The van der Waals surface area contributed by atoms with Gasteiger partial charge in [0.25, 0.3) is 0 Å². The fourth-order valence-electron chi connectivity index (χ4n) is 3.09. The van der Waals surface area contributed by atoms with E-state index in [0.717, 1.165) is 17.9 Å². The number of hydrogen-bond donors (Lipinski definition) is 1. The van der Waals surface area contributed by atoms with E-state index in [-0.39, 0.29) is 24.2 Å². The molecule has 0 radical (unpaired) electrons. The fourth-order valence-corrected chi connectivity index (χ4v) is 3.09. The van der Waals surface area contributed by atoms with Crippen LogP contribution in [0.3, 0.4) is 0 Å². The minimum atomic E-state index is -0.289. The molecule has 1 N–H and O–H groups in total. The van der Waals surface area contributed by atoms with Crippen LogP contribution in [0.25, 0.3) is 0 Å². The van der Waals surface area contributed by atoms with E-state index in [1.807, 2.05) is 35.2 Å². The predicted molar refractivity (Wildman–Crippen MR) is 96.8 cm³/mol. The maximum Gasteiger partial charge on any atom is 0.226 e. The summed E-state index contributed by atoms with van der Waals surface area (Å²) in [5.41, 5.74) is 0.807. The number of hydrogen-bond acceptors (Lipinski definition) is 4. The third-order valence-corrected chi connectivity index (χ3v) is 4.44. The van der Waals surface area contributed by atoms with Gasteiger partial charge in [-0.15, -0.1) is 0 Å². The highest BCUT2D eigenvalue weighted by atomic mass is 19.1. The summed E-state index contributed by atoms with van der Waals surface area (Å²) < 4.78 is 24.3. The molecule has 0 saturated carbocycles. The van der Waals surface area contributed by atoms with Crippen LogP contribution in [0.2, 0.25) is 0 Å². The third kappa shape index (κ3) is 4.52. The van der Waals surface area contributed by atoms with Crippen LogP contribution in [-0.2, 0) is 4.79 Å². The Labute approximate surface area is 152 Å². The number of carbonyl (C=O) groups excluding carboxylic acids is 1. The number of ether oxygens (including phenoxy) is 2. The molecule has 1 atom stereocenters. The van der Waals surface area contributed by atoms with Crippen molar-refractivity contribution in [2.24, 2.45) is 0 Å². The molecule has 2 aromatic carbocycles. The summed E-state index contributed by atoms with van der Waals surface area (Å²) in [5, 5.41) is 3.27. The first-order valence-electron chi connectivity index (χ1n) is 8.70. The number of benzene rings is 2. The molecule has 5 nitrogen and oxygen atoms in total. The lowest BCUT2D eigenvalue weighted by Crippen LogP contribution is -2.49. The number of nitrogens with zero attached hydrogens (tertiary/aromatic N) is 1. The maximum absolute atomic E-state index is 13.5. The molecule has 0 spiro atoms. The fraction of sp³-hybridized carbons (Fsp3) is 0.350. The van der Waals surface area contributed by atoms with Gasteiger partial charge in [-0.3, -0.25) is 4.79 Å². The van der Waals surface area contributed by atoms with E-state index in [1.54, 1.807) is 13.2 Å². The first-order valence-corrected chi connectivity index (χ1v) is 8.70. The van der Waals surface area contributed by atoms with Crippen molar-refractivity contribution in [3.8, 4) is 11.5 Å². The van der Waals surface area contributed by atoms with Crippen LogP contribution in [0, 0.1) is 5.82 Å². The molecule has 1 amide bonds. The molecule has 1 fully saturated rings. The smallest absolute Gasteiger partial charge is 0.226 e. The highest BCUT2D eigenvalue weighted by Crippen LogP contribution is 2.24. The van der Waals surface area contributed by atoms with Gasteiger partial charge in [0.1, 0.15) is 17.3 Å². The van der Waals surface area contributed by atoms with Gasteiger partial charge in [0.05, 0.1) is 26.2 Å². The molecule has 138 valence electrons. The van der Waals surface area contributed by atoms with Gasteiger partial charge >= 0.3 is 0 Å². The summed E-state index contributed by atoms with van der Waals surface area (Å²) in [6, 6.07) is 13.5. The zero-order chi connectivity index (χ0) is 18.4. The van der Waals surface area contributed by atoms with E-state index in [2.05, 4.69) is 5.32 Å². The first-order chi connectivity index (χ1) is 12.7. The minimum Gasteiger partial charge on any atom is -0.497 e. The zero-order valence-electron chi connectivity index (χ0n) is 14.8. The van der Waals surface area contributed by atoms with Gasteiger partial charge in [-0.2, -0.15) is 0 Å². The quantitative estimate of drug-likeness (QED) is 0.863. The number of carbonyl (C=O) groups is 1. The predicted octanol–water partition coefficient (Wildman–Crippen LogP) is 2.78. The van der Waals surface area contributed by atoms with Crippen molar-refractivity contribution in [1.82, 2.24) is 10.2 Å². The molecule has 1 aliphatic rings. The molecule has 2 aromatic rings. The van der Waals surface area contributed by atoms with Crippen molar-refractivity contribution in [3.05, 3.63) is 59.9 Å². The molecule has 3 rings (SSSR count). The second kappa shape index (κ2) is 8.67. The van der Waals surface area contributed by atoms with E-state index in [0.29, 0.717) is 25.4 Å². The standard InChI is InChI=1S/C20H23FN2O3/c1-25-17-5-7-18(8-6-17)26-12-9-20(24)23-11-10-22-14-19(23)15-3-2-4-16(21)13-15/h2-8,13,19,22H,9-12,14H2,1H3. The van der Waals surface area contributed by atoms with E-state index in [9.17, 15) is 9.18 Å². The molecule has 0 aromatic heterocycles. The Morgan fingerprint density at radius 1 is 1.23 bits per heavy atom. The van der Waals surface area contributed by atoms with Gasteiger partial charge in [-0.05, 0) is 42.0 Å². The lowest BCUT2D eigenvalue weighted by Gasteiger charge is -2.36. The van der Waals surface area contributed by atoms with E-state index >= 15 is 0 Å². The Kier molecular flexibility index (Phi) is 6.07. The van der Waals surface area contributed by atoms with Crippen LogP contribution in [0.1, 0.15) is 18.0 Å². The number of nitrogens with one attached hydrogen (secondary N) is 1. The molecular weight excluding hydrogens is 335 g/mol. The number of piperazine rings is 1. The van der Waals surface area contributed by atoms with Gasteiger partial charge in [0.2, 0.25) is 5.91 Å². The molecule has 0 aliphatic carbocycles. The maximum atomic E-state index is 13.5. The number of methoxy groups -OCH3 is 1. The highest BCUT2D eigenvalue weighted by Gasteiger charge is 2.27. The van der Waals surface area contributed by atoms with E-state index < -0.39 is 0 Å². The normalized spacial score (nSPS) is 17.0. The second-order valence-electron chi connectivity index (χ2n) is 6.14. The van der Waals surface area contributed by atoms with E-state index in [1.165, 1.54) is 12.1 Å². The van der Waals surface area contributed by atoms with Crippen molar-refractivity contribution in [3.63, 3.8) is 0 Å². The molecular formula is C20H23FN2O3. The molecule has 1 unspecified atom stereocenters. The Morgan fingerprint density at radius 2 is 2.00 bits per heavy atom. The summed E-state index contributed by atoms with van der Waals surface area (Å²) in [6.45, 7) is 2.25. The summed E-state index contributed by atoms with van der Waals surface area (Å²) in [6.07, 6.45) is 0.276. The lowest BCUT2D eigenvalue weighted by molar-refractivity contribution is -0.135. The van der Waals surface area contributed by atoms with Crippen molar-refractivity contribution in [2.75, 3.05) is 33.4 Å². The Balaban J connectivity index is 1.58. The molecule has 6 heteroatoms. The molecule has 26 heavy (non-hydrogen) atoms. The number of amides is 1. The average Bonchev–Trinajstić information content (AvgIpc) is 2.68. The van der Waals surface area contributed by atoms with Crippen LogP contribution >= 0.6 is 0 Å². The van der Waals surface area contributed by atoms with E-state index in [4.69, 9.17) is 9.47 Å². The molecule has 1 aliphatic heterocycles. The topological polar surface area (TPSA) is 50.8 Å². The van der Waals surface area contributed by atoms with Gasteiger partial charge in [0.15, 0.2) is 0 Å². The van der Waals surface area contributed by atoms with Crippen LogP contribution in [0.4, 0.5) is 4.39 Å². The number of rotatable bonds is 6. The highest BCUT2D eigenvalue weighted by molar-refractivity contribution is 5.77. The SMILES string of the molecule is COc1ccc(OCCC(=O)N2CCNCC2c2cccc(F)c2)cc1.